The van der Waals surface area contributed by atoms with Crippen LogP contribution in [0.1, 0.15) is 32.3 Å². The first-order valence-corrected chi connectivity index (χ1v) is 12.8. The van der Waals surface area contributed by atoms with E-state index in [1.54, 1.807) is 0 Å². The molecule has 0 radical (unpaired) electrons. The summed E-state index contributed by atoms with van der Waals surface area (Å²) in [6, 6.07) is 7.00. The second-order valence-electron chi connectivity index (χ2n) is 9.76. The third-order valence-electron chi connectivity index (χ3n) is 6.29. The number of ketones is 1. The number of amides is 1. The van der Waals surface area contributed by atoms with Gasteiger partial charge in [-0.1, -0.05) is 31.5 Å². The van der Waals surface area contributed by atoms with Crippen LogP contribution in [0.25, 0.3) is 0 Å². The summed E-state index contributed by atoms with van der Waals surface area (Å²) in [7, 11) is -5.12. The van der Waals surface area contributed by atoms with Gasteiger partial charge in [-0.25, -0.2) is 8.42 Å². The largest absolute Gasteiger partial charge is 0.421 e. The van der Waals surface area contributed by atoms with Crippen LogP contribution in [0.4, 0.5) is 32.0 Å². The number of carbonyl (C=O) groups is 2. The Morgan fingerprint density at radius 3 is 2.11 bits per heavy atom. The van der Waals surface area contributed by atoms with E-state index in [4.69, 9.17) is 11.6 Å². The highest BCUT2D eigenvalue weighted by molar-refractivity contribution is 7.89. The van der Waals surface area contributed by atoms with Gasteiger partial charge < -0.3 is 0 Å². The molecule has 2 aromatic rings. The Morgan fingerprint density at radius 1 is 0.947 bits per heavy atom. The number of rotatable bonds is 4. The lowest BCUT2D eigenvalue weighted by Gasteiger charge is -2.35. The number of hydrogen-bond donors (Lipinski definition) is 1. The molecule has 204 valence electrons. The van der Waals surface area contributed by atoms with E-state index in [0.29, 0.717) is 17.0 Å². The van der Waals surface area contributed by atoms with Crippen molar-refractivity contribution in [3.8, 4) is 0 Å². The summed E-state index contributed by atoms with van der Waals surface area (Å²) in [4.78, 5) is 26.6. The van der Waals surface area contributed by atoms with Crippen LogP contribution in [0.2, 0.25) is 5.02 Å². The predicted octanol–water partition coefficient (Wildman–Crippen LogP) is 5.63. The minimum Gasteiger partial charge on any atom is -0.294 e. The van der Waals surface area contributed by atoms with Gasteiger partial charge in [-0.3, -0.25) is 14.5 Å². The fourth-order valence-corrected chi connectivity index (χ4v) is 6.13. The van der Waals surface area contributed by atoms with Crippen molar-refractivity contribution in [2.24, 2.45) is 5.41 Å². The smallest absolute Gasteiger partial charge is 0.294 e. The number of carbonyl (C=O) groups excluding carboxylic acids is 2. The zero-order valence-corrected chi connectivity index (χ0v) is 21.2. The van der Waals surface area contributed by atoms with Crippen LogP contribution in [0.15, 0.2) is 64.7 Å². The molecule has 1 N–H and O–H groups in total. The zero-order chi connectivity index (χ0) is 28.5. The van der Waals surface area contributed by atoms with Crippen LogP contribution in [-0.2, 0) is 25.8 Å². The predicted molar refractivity (Wildman–Crippen MR) is 125 cm³/mol. The van der Waals surface area contributed by atoms with E-state index in [1.165, 1.54) is 18.6 Å². The Labute approximate surface area is 218 Å². The van der Waals surface area contributed by atoms with Crippen molar-refractivity contribution >= 4 is 39.0 Å². The molecular formula is C24H19ClF6N2O4S. The van der Waals surface area contributed by atoms with Gasteiger partial charge in [0, 0.05) is 22.8 Å². The highest BCUT2D eigenvalue weighted by Crippen LogP contribution is 2.53. The minimum absolute atomic E-state index is 0.0804. The van der Waals surface area contributed by atoms with Gasteiger partial charge in [0.05, 0.1) is 16.0 Å². The summed E-state index contributed by atoms with van der Waals surface area (Å²) < 4.78 is 113. The van der Waals surface area contributed by atoms with Gasteiger partial charge in [-0.2, -0.15) is 31.1 Å². The molecule has 0 spiro atoms. The Bertz CT molecular complexity index is 1470. The van der Waals surface area contributed by atoms with Crippen molar-refractivity contribution in [2.75, 3.05) is 4.90 Å². The average molecular weight is 581 g/mol. The van der Waals surface area contributed by atoms with E-state index in [0.717, 1.165) is 36.4 Å². The maximum absolute atomic E-state index is 14.9. The number of nitrogens with one attached hydrogen (secondary N) is 1. The molecule has 0 saturated heterocycles. The van der Waals surface area contributed by atoms with Crippen LogP contribution in [0, 0.1) is 5.41 Å². The van der Waals surface area contributed by atoms with Gasteiger partial charge in [0.2, 0.25) is 15.6 Å². The van der Waals surface area contributed by atoms with E-state index < -0.39 is 78.9 Å². The summed E-state index contributed by atoms with van der Waals surface area (Å²) in [6.45, 7) is 3.07. The maximum atomic E-state index is 14.9. The average Bonchev–Trinajstić information content (AvgIpc) is 3.00. The fraction of sp³-hybridized carbons (Fsp3) is 0.333. The molecule has 1 amide bonds. The molecule has 38 heavy (non-hydrogen) atoms. The van der Waals surface area contributed by atoms with Crippen molar-refractivity contribution in [1.29, 1.82) is 0 Å². The quantitative estimate of drug-likeness (QED) is 0.475. The summed E-state index contributed by atoms with van der Waals surface area (Å²) in [5.41, 5.74) is -8.59. The highest BCUT2D eigenvalue weighted by atomic mass is 35.5. The summed E-state index contributed by atoms with van der Waals surface area (Å²) in [6.07, 6.45) is -11.4. The third-order valence-corrected chi connectivity index (χ3v) is 8.01. The normalized spacial score (nSPS) is 22.2. The molecule has 0 bridgehead atoms. The molecule has 1 aliphatic heterocycles. The Hall–Kier alpha value is -2.90. The van der Waals surface area contributed by atoms with Crippen LogP contribution < -0.4 is 9.62 Å². The highest BCUT2D eigenvalue weighted by Gasteiger charge is 2.72. The molecule has 1 heterocycles. The van der Waals surface area contributed by atoms with Crippen molar-refractivity contribution in [1.82, 2.24) is 4.72 Å². The van der Waals surface area contributed by atoms with Crippen molar-refractivity contribution < 1.29 is 44.3 Å². The number of hydrogen-bond acceptors (Lipinski definition) is 4. The SMILES string of the molecule is CC1(C)CC(=O)C2=C(C1)N(c1cccc(C(F)(F)F)c1)C(=O)[C@]2(NS(=O)(=O)c1ccc(Cl)cc1)C(F)(F)F. The number of anilines is 1. The summed E-state index contributed by atoms with van der Waals surface area (Å²) >= 11 is 5.74. The van der Waals surface area contributed by atoms with Crippen LogP contribution in [0.3, 0.4) is 0 Å². The lowest BCUT2D eigenvalue weighted by Crippen LogP contribution is -2.66. The zero-order valence-electron chi connectivity index (χ0n) is 19.7. The monoisotopic (exact) mass is 580 g/mol. The number of nitrogens with zero attached hydrogens (tertiary/aromatic N) is 1. The number of halogens is 7. The van der Waals surface area contributed by atoms with Gasteiger partial charge >= 0.3 is 12.4 Å². The molecule has 2 aromatic carbocycles. The second-order valence-corrected chi connectivity index (χ2v) is 11.9. The summed E-state index contributed by atoms with van der Waals surface area (Å²) in [5, 5.41) is 0.0804. The standard InChI is InChI=1S/C24H19ClF6N2O4S/c1-21(2)11-17-19(18(34)12-21)22(24(29,30)31,32-38(36,37)16-8-6-14(25)7-9-16)20(35)33(17)15-5-3-4-13(10-15)23(26,27)28/h3-10,32H,11-12H2,1-2H3/t22-/m0/s1. The summed E-state index contributed by atoms with van der Waals surface area (Å²) in [5.74, 6) is -3.12. The number of allylic oxidation sites excluding steroid dienone is 1. The lowest BCUT2D eigenvalue weighted by molar-refractivity contribution is -0.184. The van der Waals surface area contributed by atoms with E-state index in [1.807, 2.05) is 0 Å². The molecule has 6 nitrogen and oxygen atoms in total. The van der Waals surface area contributed by atoms with Gasteiger partial charge in [-0.15, -0.1) is 0 Å². The first-order valence-electron chi connectivity index (χ1n) is 11.0. The molecule has 0 unspecified atom stereocenters. The molecule has 1 aliphatic carbocycles. The molecule has 14 heteroatoms. The van der Waals surface area contributed by atoms with Gasteiger partial charge in [0.1, 0.15) is 0 Å². The van der Waals surface area contributed by atoms with Gasteiger partial charge in [0.25, 0.3) is 5.91 Å². The lowest BCUT2D eigenvalue weighted by atomic mass is 9.72. The van der Waals surface area contributed by atoms with E-state index in [2.05, 4.69) is 0 Å². The van der Waals surface area contributed by atoms with Crippen LogP contribution in [-0.4, -0.2) is 31.8 Å². The first-order chi connectivity index (χ1) is 17.3. The Morgan fingerprint density at radius 2 is 1.55 bits per heavy atom. The van der Waals surface area contributed by atoms with E-state index in [9.17, 15) is 44.3 Å². The number of alkyl halides is 6. The van der Waals surface area contributed by atoms with E-state index in [-0.39, 0.29) is 11.4 Å². The first kappa shape index (κ1) is 28.1. The van der Waals surface area contributed by atoms with Crippen molar-refractivity contribution in [3.63, 3.8) is 0 Å². The maximum Gasteiger partial charge on any atom is 0.421 e. The topological polar surface area (TPSA) is 83.6 Å². The molecule has 0 aromatic heterocycles. The Balaban J connectivity index is 1.99. The molecule has 4 rings (SSSR count). The van der Waals surface area contributed by atoms with Gasteiger partial charge in [-0.05, 0) is 54.3 Å². The molecule has 2 aliphatic rings. The van der Waals surface area contributed by atoms with E-state index >= 15 is 0 Å². The van der Waals surface area contributed by atoms with Crippen molar-refractivity contribution in [3.05, 3.63) is 70.4 Å². The molecule has 0 fully saturated rings. The number of Topliss-reactive ketones (excluding diaryl/α,β-unsaturated/α-hetero) is 1. The second kappa shape index (κ2) is 8.82. The van der Waals surface area contributed by atoms with Gasteiger partial charge in [0.15, 0.2) is 5.78 Å². The van der Waals surface area contributed by atoms with Crippen molar-refractivity contribution in [2.45, 2.75) is 49.5 Å². The number of benzene rings is 2. The minimum atomic E-state index is -5.70. The third kappa shape index (κ3) is 4.60. The molecule has 0 saturated carbocycles. The Kier molecular flexibility index (Phi) is 6.52. The van der Waals surface area contributed by atoms with Crippen LogP contribution >= 0.6 is 11.6 Å². The van der Waals surface area contributed by atoms with Crippen LogP contribution in [0.5, 0.6) is 0 Å². The fourth-order valence-electron chi connectivity index (χ4n) is 4.69. The molecular weight excluding hydrogens is 562 g/mol. The molecule has 1 atom stereocenters. The number of sulfonamides is 1.